The number of hydrogen-bond acceptors (Lipinski definition) is 4. The lowest BCUT2D eigenvalue weighted by Crippen LogP contribution is -2.23. The molecule has 0 aromatic heterocycles. The SMILES string of the molecule is O=C(OCCCCOC(=O)C1CC2C=CC1C2)C1CC2C=CC1C2. The maximum Gasteiger partial charge on any atom is 0.309 e. The van der Waals surface area contributed by atoms with E-state index in [-0.39, 0.29) is 23.8 Å². The van der Waals surface area contributed by atoms with Gasteiger partial charge in [0.2, 0.25) is 0 Å². The average Bonchev–Trinajstić information content (AvgIpc) is 3.37. The van der Waals surface area contributed by atoms with Crippen LogP contribution in [0.5, 0.6) is 0 Å². The molecule has 2 fully saturated rings. The Morgan fingerprint density at radius 3 is 1.50 bits per heavy atom. The number of esters is 2. The van der Waals surface area contributed by atoms with Crippen molar-refractivity contribution in [3.8, 4) is 0 Å². The number of allylic oxidation sites excluding steroid dienone is 4. The van der Waals surface area contributed by atoms with Gasteiger partial charge < -0.3 is 9.47 Å². The van der Waals surface area contributed by atoms with Crippen LogP contribution in [0.2, 0.25) is 0 Å². The van der Waals surface area contributed by atoms with E-state index in [4.69, 9.17) is 9.47 Å². The third kappa shape index (κ3) is 3.15. The highest BCUT2D eigenvalue weighted by molar-refractivity contribution is 5.74. The summed E-state index contributed by atoms with van der Waals surface area (Å²) in [5, 5.41) is 0. The molecule has 130 valence electrons. The van der Waals surface area contributed by atoms with Crippen molar-refractivity contribution in [3.05, 3.63) is 24.3 Å². The Hall–Kier alpha value is -1.58. The summed E-state index contributed by atoms with van der Waals surface area (Å²) in [4.78, 5) is 24.2. The molecule has 4 aliphatic carbocycles. The maximum atomic E-state index is 12.1. The van der Waals surface area contributed by atoms with Crippen molar-refractivity contribution in [2.75, 3.05) is 13.2 Å². The molecule has 0 saturated heterocycles. The van der Waals surface area contributed by atoms with Crippen LogP contribution in [0.1, 0.15) is 38.5 Å². The topological polar surface area (TPSA) is 52.6 Å². The number of carbonyl (C=O) groups is 2. The first-order chi connectivity index (χ1) is 11.7. The summed E-state index contributed by atoms with van der Waals surface area (Å²) in [6.07, 6.45) is 14.5. The van der Waals surface area contributed by atoms with Crippen molar-refractivity contribution in [1.29, 1.82) is 0 Å². The van der Waals surface area contributed by atoms with Gasteiger partial charge in [-0.05, 0) is 62.2 Å². The molecule has 4 heteroatoms. The van der Waals surface area contributed by atoms with Crippen molar-refractivity contribution in [1.82, 2.24) is 0 Å². The zero-order valence-corrected chi connectivity index (χ0v) is 14.1. The minimum Gasteiger partial charge on any atom is -0.465 e. The first-order valence-corrected chi connectivity index (χ1v) is 9.40. The van der Waals surface area contributed by atoms with Crippen molar-refractivity contribution < 1.29 is 19.1 Å². The molecule has 0 aromatic rings. The largest absolute Gasteiger partial charge is 0.465 e. The zero-order chi connectivity index (χ0) is 16.5. The van der Waals surface area contributed by atoms with Gasteiger partial charge in [0.25, 0.3) is 0 Å². The molecule has 0 amide bonds. The van der Waals surface area contributed by atoms with E-state index in [0.717, 1.165) is 38.5 Å². The standard InChI is InChI=1S/C20H26O4/c21-19(17-11-13-3-5-15(17)9-13)23-7-1-2-8-24-20(22)18-12-14-4-6-16(18)10-14/h3-6,13-18H,1-2,7-12H2. The van der Waals surface area contributed by atoms with Crippen LogP contribution in [-0.2, 0) is 19.1 Å². The van der Waals surface area contributed by atoms with Crippen LogP contribution < -0.4 is 0 Å². The van der Waals surface area contributed by atoms with E-state index >= 15 is 0 Å². The summed E-state index contributed by atoms with van der Waals surface area (Å²) in [6, 6.07) is 0. The minimum atomic E-state index is -0.0439. The summed E-state index contributed by atoms with van der Waals surface area (Å²) in [6.45, 7) is 0.871. The summed E-state index contributed by atoms with van der Waals surface area (Å²) >= 11 is 0. The molecule has 24 heavy (non-hydrogen) atoms. The van der Waals surface area contributed by atoms with Gasteiger partial charge in [-0.2, -0.15) is 0 Å². The number of carbonyl (C=O) groups excluding carboxylic acids is 2. The second kappa shape index (κ2) is 6.73. The lowest BCUT2D eigenvalue weighted by molar-refractivity contribution is -0.152. The predicted molar refractivity (Wildman–Crippen MR) is 88.8 cm³/mol. The third-order valence-electron chi connectivity index (χ3n) is 6.19. The molecule has 4 bridgehead atoms. The van der Waals surface area contributed by atoms with Crippen molar-refractivity contribution in [3.63, 3.8) is 0 Å². The Morgan fingerprint density at radius 2 is 1.17 bits per heavy atom. The molecule has 0 radical (unpaired) electrons. The number of rotatable bonds is 7. The molecule has 4 rings (SSSR count). The first kappa shape index (κ1) is 15.9. The third-order valence-corrected chi connectivity index (χ3v) is 6.19. The van der Waals surface area contributed by atoms with Crippen LogP contribution in [0, 0.1) is 35.5 Å². The number of ether oxygens (including phenoxy) is 2. The van der Waals surface area contributed by atoms with Crippen LogP contribution in [0.25, 0.3) is 0 Å². The number of hydrogen-bond donors (Lipinski definition) is 0. The summed E-state index contributed by atoms with van der Waals surface area (Å²) in [5.74, 6) is 2.04. The van der Waals surface area contributed by atoms with Crippen molar-refractivity contribution in [2.45, 2.75) is 38.5 Å². The Balaban J connectivity index is 1.07. The molecular weight excluding hydrogens is 304 g/mol. The van der Waals surface area contributed by atoms with Gasteiger partial charge >= 0.3 is 11.9 Å². The maximum absolute atomic E-state index is 12.1. The van der Waals surface area contributed by atoms with E-state index in [1.54, 1.807) is 0 Å². The lowest BCUT2D eigenvalue weighted by Gasteiger charge is -2.17. The van der Waals surface area contributed by atoms with Crippen LogP contribution in [0.3, 0.4) is 0 Å². The fraction of sp³-hybridized carbons (Fsp3) is 0.700. The minimum absolute atomic E-state index is 0.0439. The average molecular weight is 330 g/mol. The van der Waals surface area contributed by atoms with Crippen LogP contribution in [-0.4, -0.2) is 25.2 Å². The Bertz CT molecular complexity index is 514. The summed E-state index contributed by atoms with van der Waals surface area (Å²) in [7, 11) is 0. The predicted octanol–water partition coefficient (Wildman–Crippen LogP) is 3.28. The molecule has 4 nitrogen and oxygen atoms in total. The van der Waals surface area contributed by atoms with Gasteiger partial charge in [-0.25, -0.2) is 0 Å². The quantitative estimate of drug-likeness (QED) is 0.408. The second-order valence-corrected chi connectivity index (χ2v) is 7.82. The van der Waals surface area contributed by atoms with Gasteiger partial charge in [-0.1, -0.05) is 24.3 Å². The van der Waals surface area contributed by atoms with Crippen LogP contribution >= 0.6 is 0 Å². The van der Waals surface area contributed by atoms with Crippen molar-refractivity contribution in [2.24, 2.45) is 35.5 Å². The second-order valence-electron chi connectivity index (χ2n) is 7.82. The highest BCUT2D eigenvalue weighted by atomic mass is 16.5. The van der Waals surface area contributed by atoms with E-state index < -0.39 is 0 Å². The normalized spacial score (nSPS) is 38.0. The highest BCUT2D eigenvalue weighted by Gasteiger charge is 2.41. The lowest BCUT2D eigenvalue weighted by atomic mass is 9.94. The molecule has 0 aliphatic heterocycles. The number of fused-ring (bicyclic) bond motifs is 4. The van der Waals surface area contributed by atoms with Gasteiger partial charge in [0.15, 0.2) is 0 Å². The van der Waals surface area contributed by atoms with Crippen LogP contribution in [0.4, 0.5) is 0 Å². The van der Waals surface area contributed by atoms with E-state index in [1.165, 1.54) is 0 Å². The fourth-order valence-electron chi connectivity index (χ4n) is 4.87. The van der Waals surface area contributed by atoms with Crippen molar-refractivity contribution >= 4 is 11.9 Å². The number of unbranched alkanes of at least 4 members (excludes halogenated alkanes) is 1. The Morgan fingerprint density at radius 1 is 0.708 bits per heavy atom. The monoisotopic (exact) mass is 330 g/mol. The molecule has 0 N–H and O–H groups in total. The van der Waals surface area contributed by atoms with Gasteiger partial charge in [-0.3, -0.25) is 9.59 Å². The molecule has 6 atom stereocenters. The molecule has 2 saturated carbocycles. The van der Waals surface area contributed by atoms with E-state index in [2.05, 4.69) is 24.3 Å². The fourth-order valence-corrected chi connectivity index (χ4v) is 4.87. The Labute approximate surface area is 143 Å². The van der Waals surface area contributed by atoms with Gasteiger partial charge in [0, 0.05) is 0 Å². The molecule has 4 aliphatic rings. The summed E-state index contributed by atoms with van der Waals surface area (Å²) < 4.78 is 10.8. The molecule has 6 unspecified atom stereocenters. The molecular formula is C20H26O4. The van der Waals surface area contributed by atoms with Gasteiger partial charge in [-0.15, -0.1) is 0 Å². The molecule has 0 aromatic carbocycles. The first-order valence-electron chi connectivity index (χ1n) is 9.40. The highest BCUT2D eigenvalue weighted by Crippen LogP contribution is 2.44. The zero-order valence-electron chi connectivity index (χ0n) is 14.1. The Kier molecular flexibility index (Phi) is 4.47. The summed E-state index contributed by atoms with van der Waals surface area (Å²) in [5.41, 5.74) is 0. The molecule has 0 heterocycles. The van der Waals surface area contributed by atoms with E-state index in [1.807, 2.05) is 0 Å². The van der Waals surface area contributed by atoms with E-state index in [0.29, 0.717) is 36.9 Å². The molecule has 0 spiro atoms. The van der Waals surface area contributed by atoms with E-state index in [9.17, 15) is 9.59 Å². The van der Waals surface area contributed by atoms with Crippen LogP contribution in [0.15, 0.2) is 24.3 Å². The van der Waals surface area contributed by atoms with Gasteiger partial charge in [0.05, 0.1) is 25.0 Å². The smallest absolute Gasteiger partial charge is 0.309 e. The van der Waals surface area contributed by atoms with Gasteiger partial charge in [0.1, 0.15) is 0 Å².